The summed E-state index contributed by atoms with van der Waals surface area (Å²) < 4.78 is 5.78. The second-order valence-electron chi connectivity index (χ2n) is 10.1. The van der Waals surface area contributed by atoms with Crippen LogP contribution in [0.25, 0.3) is 10.9 Å². The largest absolute Gasteiger partial charge is 0.465 e. The van der Waals surface area contributed by atoms with E-state index in [1.54, 1.807) is 0 Å². The molecule has 3 aliphatic heterocycles. The molecule has 4 heterocycles. The summed E-state index contributed by atoms with van der Waals surface area (Å²) in [5, 5.41) is 15.5. The van der Waals surface area contributed by atoms with Crippen LogP contribution in [0.3, 0.4) is 0 Å². The van der Waals surface area contributed by atoms with Crippen LogP contribution in [0.2, 0.25) is 0 Å². The number of para-hydroxylation sites is 1. The lowest BCUT2D eigenvalue weighted by Crippen LogP contribution is -2.53. The standard InChI is InChI=1S/C25H33N3O3/c29-22-6-5-16-13-28-10-8-18-17-3-1-2-4-20(17)27-24(18)21(28)11-19(16)23(22)25(30)31-14-15-7-9-26-12-15/h1-4,15-16,19,21-23,26-27,29H,5-14H2/t15-,16+,19+,21+,22+,23-/m1/s1. The third-order valence-corrected chi connectivity index (χ3v) is 8.44. The van der Waals surface area contributed by atoms with Crippen LogP contribution >= 0.6 is 0 Å². The van der Waals surface area contributed by atoms with Crippen molar-refractivity contribution in [1.29, 1.82) is 0 Å². The van der Waals surface area contributed by atoms with E-state index in [0.717, 1.165) is 51.9 Å². The molecule has 0 spiro atoms. The van der Waals surface area contributed by atoms with Crippen molar-refractivity contribution in [1.82, 2.24) is 15.2 Å². The maximum Gasteiger partial charge on any atom is 0.311 e. The highest BCUT2D eigenvalue weighted by atomic mass is 16.5. The van der Waals surface area contributed by atoms with Gasteiger partial charge in [0.15, 0.2) is 0 Å². The van der Waals surface area contributed by atoms with Crippen molar-refractivity contribution >= 4 is 16.9 Å². The number of carbonyl (C=O) groups is 1. The minimum absolute atomic E-state index is 0.171. The first kappa shape index (κ1) is 19.8. The van der Waals surface area contributed by atoms with E-state index in [1.807, 2.05) is 0 Å². The van der Waals surface area contributed by atoms with Gasteiger partial charge in [0.2, 0.25) is 0 Å². The Morgan fingerprint density at radius 2 is 2.13 bits per heavy atom. The maximum atomic E-state index is 13.1. The molecule has 2 saturated heterocycles. The van der Waals surface area contributed by atoms with Crippen LogP contribution in [0.4, 0.5) is 0 Å². The Balaban J connectivity index is 1.25. The quantitative estimate of drug-likeness (QED) is 0.662. The van der Waals surface area contributed by atoms with Gasteiger partial charge in [-0.25, -0.2) is 0 Å². The van der Waals surface area contributed by atoms with Crippen molar-refractivity contribution in [3.8, 4) is 0 Å². The number of nitrogens with one attached hydrogen (secondary N) is 2. The Labute approximate surface area is 183 Å². The van der Waals surface area contributed by atoms with E-state index in [1.165, 1.54) is 22.2 Å². The number of esters is 1. The highest BCUT2D eigenvalue weighted by Crippen LogP contribution is 2.49. The highest BCUT2D eigenvalue weighted by Gasteiger charge is 2.49. The summed E-state index contributed by atoms with van der Waals surface area (Å²) in [5.74, 6) is 0.516. The lowest BCUT2D eigenvalue weighted by molar-refractivity contribution is -0.164. The Bertz CT molecular complexity index is 966. The number of fused-ring (bicyclic) bond motifs is 6. The number of piperidine rings is 1. The van der Waals surface area contributed by atoms with Gasteiger partial charge in [0.1, 0.15) is 0 Å². The number of nitrogens with zero attached hydrogens (tertiary/aromatic N) is 1. The number of hydrogen-bond donors (Lipinski definition) is 3. The summed E-state index contributed by atoms with van der Waals surface area (Å²) >= 11 is 0. The molecule has 166 valence electrons. The average Bonchev–Trinajstić information content (AvgIpc) is 3.44. The monoisotopic (exact) mass is 423 g/mol. The second kappa shape index (κ2) is 7.91. The summed E-state index contributed by atoms with van der Waals surface area (Å²) in [4.78, 5) is 19.5. The van der Waals surface area contributed by atoms with Gasteiger partial charge < -0.3 is 20.1 Å². The predicted molar refractivity (Wildman–Crippen MR) is 119 cm³/mol. The van der Waals surface area contributed by atoms with Crippen LogP contribution < -0.4 is 5.32 Å². The maximum absolute atomic E-state index is 13.1. The van der Waals surface area contributed by atoms with Crippen molar-refractivity contribution in [2.75, 3.05) is 32.8 Å². The van der Waals surface area contributed by atoms with E-state index < -0.39 is 6.10 Å². The van der Waals surface area contributed by atoms with Gasteiger partial charge in [0.25, 0.3) is 0 Å². The molecule has 3 N–H and O–H groups in total. The lowest BCUT2D eigenvalue weighted by atomic mass is 9.65. The smallest absolute Gasteiger partial charge is 0.311 e. The van der Waals surface area contributed by atoms with Gasteiger partial charge in [0.05, 0.1) is 24.7 Å². The van der Waals surface area contributed by atoms with Crippen molar-refractivity contribution in [2.24, 2.45) is 23.7 Å². The third kappa shape index (κ3) is 3.40. The number of hydrogen-bond acceptors (Lipinski definition) is 5. The zero-order valence-corrected chi connectivity index (χ0v) is 18.1. The van der Waals surface area contributed by atoms with Gasteiger partial charge >= 0.3 is 5.97 Å². The second-order valence-corrected chi connectivity index (χ2v) is 10.1. The van der Waals surface area contributed by atoms with Crippen molar-refractivity contribution in [2.45, 2.75) is 44.2 Å². The molecule has 0 amide bonds. The van der Waals surface area contributed by atoms with E-state index in [2.05, 4.69) is 39.5 Å². The predicted octanol–water partition coefficient (Wildman–Crippen LogP) is 2.63. The molecule has 6 nitrogen and oxygen atoms in total. The first-order valence-electron chi connectivity index (χ1n) is 12.1. The van der Waals surface area contributed by atoms with Crippen molar-refractivity contribution in [3.05, 3.63) is 35.5 Å². The van der Waals surface area contributed by atoms with Crippen LogP contribution in [0.5, 0.6) is 0 Å². The van der Waals surface area contributed by atoms with Crippen LogP contribution in [0.1, 0.15) is 43.0 Å². The van der Waals surface area contributed by atoms with Gasteiger partial charge in [-0.1, -0.05) is 18.2 Å². The summed E-state index contributed by atoms with van der Waals surface area (Å²) in [5.41, 5.74) is 3.98. The summed E-state index contributed by atoms with van der Waals surface area (Å²) in [6.45, 7) is 4.51. The fourth-order valence-corrected chi connectivity index (χ4v) is 6.82. The molecule has 0 radical (unpaired) electrons. The summed E-state index contributed by atoms with van der Waals surface area (Å²) in [7, 11) is 0. The molecule has 1 aromatic carbocycles. The molecular formula is C25H33N3O3. The van der Waals surface area contributed by atoms with Crippen molar-refractivity contribution in [3.63, 3.8) is 0 Å². The Hall–Kier alpha value is -1.89. The normalized spacial score (nSPS) is 35.4. The molecule has 3 fully saturated rings. The molecule has 4 aliphatic rings. The molecule has 6 atom stereocenters. The number of aromatic amines is 1. The number of aliphatic hydroxyl groups excluding tert-OH is 1. The van der Waals surface area contributed by atoms with Crippen LogP contribution in [-0.2, 0) is 16.0 Å². The zero-order chi connectivity index (χ0) is 20.9. The number of aromatic nitrogens is 1. The van der Waals surface area contributed by atoms with Crippen LogP contribution in [0.15, 0.2) is 24.3 Å². The number of ether oxygens (including phenoxy) is 1. The molecule has 6 heteroatoms. The van der Waals surface area contributed by atoms with Gasteiger partial charge in [-0.2, -0.15) is 0 Å². The van der Waals surface area contributed by atoms with Crippen molar-refractivity contribution < 1.29 is 14.6 Å². The molecule has 31 heavy (non-hydrogen) atoms. The Kier molecular flexibility index (Phi) is 5.04. The van der Waals surface area contributed by atoms with E-state index >= 15 is 0 Å². The van der Waals surface area contributed by atoms with Gasteiger partial charge in [0, 0.05) is 42.1 Å². The Morgan fingerprint density at radius 1 is 1.23 bits per heavy atom. The minimum Gasteiger partial charge on any atom is -0.465 e. The van der Waals surface area contributed by atoms with Gasteiger partial charge in [-0.3, -0.25) is 9.69 Å². The topological polar surface area (TPSA) is 77.6 Å². The molecule has 1 aliphatic carbocycles. The molecule has 6 rings (SSSR count). The highest BCUT2D eigenvalue weighted by molar-refractivity contribution is 5.85. The number of aliphatic hydroxyl groups is 1. The zero-order valence-electron chi connectivity index (χ0n) is 18.1. The number of carbonyl (C=O) groups excluding carboxylic acids is 1. The van der Waals surface area contributed by atoms with Crippen LogP contribution in [0, 0.1) is 23.7 Å². The first-order chi connectivity index (χ1) is 15.2. The van der Waals surface area contributed by atoms with Gasteiger partial charge in [-0.05, 0) is 62.1 Å². The van der Waals surface area contributed by atoms with E-state index in [9.17, 15) is 9.90 Å². The van der Waals surface area contributed by atoms with Gasteiger partial charge in [-0.15, -0.1) is 0 Å². The summed E-state index contributed by atoms with van der Waals surface area (Å²) in [6, 6.07) is 8.88. The number of rotatable bonds is 3. The Morgan fingerprint density at radius 3 is 3.00 bits per heavy atom. The lowest BCUT2D eigenvalue weighted by Gasteiger charge is -2.51. The fourth-order valence-electron chi connectivity index (χ4n) is 6.82. The average molecular weight is 424 g/mol. The molecular weight excluding hydrogens is 390 g/mol. The molecule has 1 aromatic heterocycles. The van der Waals surface area contributed by atoms with E-state index in [0.29, 0.717) is 30.9 Å². The van der Waals surface area contributed by atoms with Crippen LogP contribution in [-0.4, -0.2) is 59.8 Å². The fraction of sp³-hybridized carbons (Fsp3) is 0.640. The van der Waals surface area contributed by atoms with E-state index in [4.69, 9.17) is 4.74 Å². The molecule has 0 bridgehead atoms. The summed E-state index contributed by atoms with van der Waals surface area (Å²) in [6.07, 6.45) is 4.20. The molecule has 1 saturated carbocycles. The number of H-pyrrole nitrogens is 1. The number of benzene rings is 1. The van der Waals surface area contributed by atoms with E-state index in [-0.39, 0.29) is 17.8 Å². The molecule has 2 aromatic rings. The third-order valence-electron chi connectivity index (χ3n) is 8.44. The SMILES string of the molecule is O=C(OC[C@@H]1CCNC1)[C@@H]1[C@H]2C[C@H]3c4[nH]c5ccccc5c4CCN3C[C@@H]2CC[C@@H]1O. The first-order valence-corrected chi connectivity index (χ1v) is 12.1. The molecule has 0 unspecified atom stereocenters. The minimum atomic E-state index is -0.576.